The maximum atomic E-state index is 5.49. The van der Waals surface area contributed by atoms with Gasteiger partial charge in [-0.1, -0.05) is 0 Å². The predicted octanol–water partition coefficient (Wildman–Crippen LogP) is 1.43. The summed E-state index contributed by atoms with van der Waals surface area (Å²) in [5.41, 5.74) is 0. The molecule has 1 fully saturated rings. The molecule has 1 aliphatic heterocycles. The summed E-state index contributed by atoms with van der Waals surface area (Å²) >= 11 is 0. The summed E-state index contributed by atoms with van der Waals surface area (Å²) in [6.07, 6.45) is 2.82. The van der Waals surface area contributed by atoms with Crippen molar-refractivity contribution in [1.82, 2.24) is 5.32 Å². The van der Waals surface area contributed by atoms with Crippen molar-refractivity contribution in [2.45, 2.75) is 32.8 Å². The second kappa shape index (κ2) is 7.21. The second-order valence-electron chi connectivity index (χ2n) is 4.18. The molecule has 0 aliphatic carbocycles. The van der Waals surface area contributed by atoms with Gasteiger partial charge in [-0.2, -0.15) is 0 Å². The molecule has 0 aromatic carbocycles. The second-order valence-corrected chi connectivity index (χ2v) is 4.18. The summed E-state index contributed by atoms with van der Waals surface area (Å²) in [6.45, 7) is 8.79. The SMILES string of the molecule is CC(C)OCCOCCC1CCNC1. The van der Waals surface area contributed by atoms with Crippen LogP contribution in [0, 0.1) is 5.92 Å². The normalized spacial score (nSPS) is 22.1. The van der Waals surface area contributed by atoms with Gasteiger partial charge in [0.15, 0.2) is 0 Å². The van der Waals surface area contributed by atoms with Gasteiger partial charge in [0.05, 0.1) is 19.3 Å². The molecule has 3 heteroatoms. The molecule has 84 valence electrons. The van der Waals surface area contributed by atoms with Gasteiger partial charge in [0.2, 0.25) is 0 Å². The topological polar surface area (TPSA) is 30.5 Å². The van der Waals surface area contributed by atoms with E-state index in [0.29, 0.717) is 6.10 Å². The van der Waals surface area contributed by atoms with Gasteiger partial charge in [-0.3, -0.25) is 0 Å². The Labute approximate surface area is 87.2 Å². The minimum Gasteiger partial charge on any atom is -0.379 e. The summed E-state index contributed by atoms with van der Waals surface area (Å²) in [6, 6.07) is 0. The van der Waals surface area contributed by atoms with Crippen LogP contribution in [0.25, 0.3) is 0 Å². The molecule has 1 rings (SSSR count). The number of hydrogen-bond acceptors (Lipinski definition) is 3. The van der Waals surface area contributed by atoms with Crippen molar-refractivity contribution in [1.29, 1.82) is 0 Å². The third-order valence-electron chi connectivity index (χ3n) is 2.51. The zero-order valence-corrected chi connectivity index (χ0v) is 9.42. The lowest BCUT2D eigenvalue weighted by Crippen LogP contribution is -2.13. The maximum Gasteiger partial charge on any atom is 0.0703 e. The number of ether oxygens (including phenoxy) is 2. The van der Waals surface area contributed by atoms with Crippen LogP contribution in [0.15, 0.2) is 0 Å². The first-order valence-electron chi connectivity index (χ1n) is 5.69. The third kappa shape index (κ3) is 5.58. The van der Waals surface area contributed by atoms with Crippen LogP contribution >= 0.6 is 0 Å². The van der Waals surface area contributed by atoms with Crippen LogP contribution in [0.2, 0.25) is 0 Å². The van der Waals surface area contributed by atoms with E-state index in [-0.39, 0.29) is 0 Å². The molecule has 0 aromatic heterocycles. The average Bonchev–Trinajstić information content (AvgIpc) is 2.63. The fourth-order valence-electron chi connectivity index (χ4n) is 1.66. The first kappa shape index (κ1) is 12.0. The van der Waals surface area contributed by atoms with Gasteiger partial charge < -0.3 is 14.8 Å². The molecule has 0 aromatic rings. The molecule has 0 amide bonds. The largest absolute Gasteiger partial charge is 0.379 e. The van der Waals surface area contributed by atoms with Gasteiger partial charge in [0.25, 0.3) is 0 Å². The van der Waals surface area contributed by atoms with Crippen molar-refractivity contribution in [3.05, 3.63) is 0 Å². The lowest BCUT2D eigenvalue weighted by molar-refractivity contribution is 0.0168. The van der Waals surface area contributed by atoms with E-state index in [4.69, 9.17) is 9.47 Å². The van der Waals surface area contributed by atoms with Crippen molar-refractivity contribution < 1.29 is 9.47 Å². The highest BCUT2D eigenvalue weighted by molar-refractivity contribution is 4.70. The quantitative estimate of drug-likeness (QED) is 0.632. The van der Waals surface area contributed by atoms with E-state index in [1.165, 1.54) is 25.9 Å². The van der Waals surface area contributed by atoms with E-state index in [2.05, 4.69) is 5.32 Å². The van der Waals surface area contributed by atoms with E-state index < -0.39 is 0 Å². The molecule has 1 unspecified atom stereocenters. The zero-order valence-electron chi connectivity index (χ0n) is 9.42. The summed E-state index contributed by atoms with van der Waals surface area (Å²) in [4.78, 5) is 0. The molecular formula is C11H23NO2. The van der Waals surface area contributed by atoms with Gasteiger partial charge in [0, 0.05) is 6.61 Å². The highest BCUT2D eigenvalue weighted by Gasteiger charge is 2.13. The van der Waals surface area contributed by atoms with Crippen LogP contribution in [0.5, 0.6) is 0 Å². The minimum absolute atomic E-state index is 0.317. The van der Waals surface area contributed by atoms with E-state index in [1.54, 1.807) is 0 Å². The van der Waals surface area contributed by atoms with Crippen molar-refractivity contribution in [2.75, 3.05) is 32.9 Å². The van der Waals surface area contributed by atoms with Gasteiger partial charge in [-0.25, -0.2) is 0 Å². The van der Waals surface area contributed by atoms with Crippen molar-refractivity contribution in [2.24, 2.45) is 5.92 Å². The fraction of sp³-hybridized carbons (Fsp3) is 1.00. The first-order chi connectivity index (χ1) is 6.79. The van der Waals surface area contributed by atoms with Crippen molar-refractivity contribution in [3.63, 3.8) is 0 Å². The van der Waals surface area contributed by atoms with Gasteiger partial charge in [-0.05, 0) is 45.7 Å². The van der Waals surface area contributed by atoms with Gasteiger partial charge >= 0.3 is 0 Å². The Morgan fingerprint density at radius 1 is 1.29 bits per heavy atom. The third-order valence-corrected chi connectivity index (χ3v) is 2.51. The Kier molecular flexibility index (Phi) is 6.15. The molecule has 0 radical (unpaired) electrons. The smallest absolute Gasteiger partial charge is 0.0703 e. The summed E-state index contributed by atoms with van der Waals surface area (Å²) in [5.74, 6) is 0.834. The molecule has 3 nitrogen and oxygen atoms in total. The molecule has 14 heavy (non-hydrogen) atoms. The lowest BCUT2D eigenvalue weighted by Gasteiger charge is -2.10. The Bertz CT molecular complexity index is 133. The van der Waals surface area contributed by atoms with E-state index in [9.17, 15) is 0 Å². The predicted molar refractivity (Wildman–Crippen MR) is 57.5 cm³/mol. The first-order valence-corrected chi connectivity index (χ1v) is 5.69. The molecule has 1 atom stereocenters. The zero-order chi connectivity index (χ0) is 10.2. The monoisotopic (exact) mass is 201 g/mol. The van der Waals surface area contributed by atoms with Crippen LogP contribution in [0.1, 0.15) is 26.7 Å². The summed E-state index contributed by atoms with van der Waals surface area (Å²) in [7, 11) is 0. The Morgan fingerprint density at radius 3 is 2.79 bits per heavy atom. The number of hydrogen-bond donors (Lipinski definition) is 1. The van der Waals surface area contributed by atoms with Crippen LogP contribution < -0.4 is 5.32 Å². The Morgan fingerprint density at radius 2 is 2.14 bits per heavy atom. The van der Waals surface area contributed by atoms with Crippen molar-refractivity contribution >= 4 is 0 Å². The van der Waals surface area contributed by atoms with E-state index >= 15 is 0 Å². The average molecular weight is 201 g/mol. The molecule has 0 spiro atoms. The molecule has 0 saturated carbocycles. The van der Waals surface area contributed by atoms with Crippen LogP contribution in [-0.2, 0) is 9.47 Å². The Balaban J connectivity index is 1.79. The van der Waals surface area contributed by atoms with E-state index in [0.717, 1.165) is 25.7 Å². The molecule has 1 aliphatic rings. The van der Waals surface area contributed by atoms with Gasteiger partial charge in [0.1, 0.15) is 0 Å². The number of rotatable bonds is 7. The lowest BCUT2D eigenvalue weighted by atomic mass is 10.1. The number of nitrogens with one attached hydrogen (secondary N) is 1. The molecular weight excluding hydrogens is 178 g/mol. The molecule has 1 saturated heterocycles. The minimum atomic E-state index is 0.317. The molecule has 1 N–H and O–H groups in total. The highest BCUT2D eigenvalue weighted by atomic mass is 16.5. The maximum absolute atomic E-state index is 5.49. The standard InChI is InChI=1S/C11H23NO2/c1-10(2)14-8-7-13-6-4-11-3-5-12-9-11/h10-12H,3-9H2,1-2H3. The Hall–Kier alpha value is -0.120. The van der Waals surface area contributed by atoms with Gasteiger partial charge in [-0.15, -0.1) is 0 Å². The molecule has 1 heterocycles. The fourth-order valence-corrected chi connectivity index (χ4v) is 1.66. The van der Waals surface area contributed by atoms with Crippen LogP contribution in [0.4, 0.5) is 0 Å². The van der Waals surface area contributed by atoms with Crippen LogP contribution in [-0.4, -0.2) is 39.0 Å². The highest BCUT2D eigenvalue weighted by Crippen LogP contribution is 2.11. The summed E-state index contributed by atoms with van der Waals surface area (Å²) < 4.78 is 10.9. The van der Waals surface area contributed by atoms with E-state index in [1.807, 2.05) is 13.8 Å². The van der Waals surface area contributed by atoms with Crippen LogP contribution in [0.3, 0.4) is 0 Å². The van der Waals surface area contributed by atoms with Crippen molar-refractivity contribution in [3.8, 4) is 0 Å². The molecule has 0 bridgehead atoms. The summed E-state index contributed by atoms with van der Waals surface area (Å²) in [5, 5.41) is 3.36.